The summed E-state index contributed by atoms with van der Waals surface area (Å²) in [6, 6.07) is 0. The largest absolute Gasteiger partial charge is 0.0882 e. The minimum Gasteiger partial charge on any atom is -0.0882 e. The lowest BCUT2D eigenvalue weighted by molar-refractivity contribution is 0.686. The second-order valence-corrected chi connectivity index (χ2v) is 3.95. The van der Waals surface area contributed by atoms with E-state index in [0.29, 0.717) is 5.92 Å². The van der Waals surface area contributed by atoms with Gasteiger partial charge in [-0.3, -0.25) is 0 Å². The van der Waals surface area contributed by atoms with Gasteiger partial charge in [0.15, 0.2) is 0 Å². The van der Waals surface area contributed by atoms with Crippen molar-refractivity contribution in [2.24, 2.45) is 5.92 Å². The third kappa shape index (κ3) is 3.22. The van der Waals surface area contributed by atoms with E-state index in [4.69, 9.17) is 0 Å². The first-order valence-electron chi connectivity index (χ1n) is 5.20. The van der Waals surface area contributed by atoms with Gasteiger partial charge in [-0.2, -0.15) is 0 Å². The van der Waals surface area contributed by atoms with Gasteiger partial charge in [-0.25, -0.2) is 0 Å². The van der Waals surface area contributed by atoms with Crippen LogP contribution in [0.2, 0.25) is 0 Å². The van der Waals surface area contributed by atoms with Crippen molar-refractivity contribution < 1.29 is 0 Å². The molecule has 0 heteroatoms. The standard InChI is InChI=1S/C13H20/c1-11-9-7-5-4-6-8-10-12(2)13(11)3/h5,7-8,10-11H,4,6,9H2,1-3H3/b7-5-,10-8-,13-12-. The van der Waals surface area contributed by atoms with Gasteiger partial charge in [0.25, 0.3) is 0 Å². The topological polar surface area (TPSA) is 0 Å². The maximum absolute atomic E-state index is 2.32. The summed E-state index contributed by atoms with van der Waals surface area (Å²) < 4.78 is 0. The van der Waals surface area contributed by atoms with Crippen LogP contribution in [0.25, 0.3) is 0 Å². The maximum atomic E-state index is 2.32. The Kier molecular flexibility index (Phi) is 4.01. The van der Waals surface area contributed by atoms with E-state index in [2.05, 4.69) is 45.1 Å². The van der Waals surface area contributed by atoms with E-state index in [1.165, 1.54) is 30.4 Å². The normalized spacial score (nSPS) is 35.5. The van der Waals surface area contributed by atoms with Crippen molar-refractivity contribution in [1.29, 1.82) is 0 Å². The summed E-state index contributed by atoms with van der Waals surface area (Å²) in [6.45, 7) is 6.77. The molecule has 0 amide bonds. The molecule has 0 aliphatic heterocycles. The Morgan fingerprint density at radius 2 is 1.77 bits per heavy atom. The first kappa shape index (κ1) is 10.3. The van der Waals surface area contributed by atoms with Gasteiger partial charge in [-0.1, -0.05) is 42.4 Å². The van der Waals surface area contributed by atoms with Crippen LogP contribution >= 0.6 is 0 Å². The number of hydrogen-bond acceptors (Lipinski definition) is 0. The molecule has 1 unspecified atom stereocenters. The molecule has 13 heavy (non-hydrogen) atoms. The van der Waals surface area contributed by atoms with Crippen LogP contribution in [0, 0.1) is 5.92 Å². The number of allylic oxidation sites excluding steroid dienone is 6. The zero-order chi connectivity index (χ0) is 9.68. The molecule has 1 aliphatic carbocycles. The van der Waals surface area contributed by atoms with Crippen LogP contribution in [0.1, 0.15) is 40.0 Å². The Morgan fingerprint density at radius 3 is 2.54 bits per heavy atom. The summed E-state index contributed by atoms with van der Waals surface area (Å²) in [6.07, 6.45) is 12.7. The highest BCUT2D eigenvalue weighted by molar-refractivity contribution is 5.24. The Balaban J connectivity index is 2.82. The highest BCUT2D eigenvalue weighted by Gasteiger charge is 2.04. The first-order valence-corrected chi connectivity index (χ1v) is 5.20. The monoisotopic (exact) mass is 176 g/mol. The fraction of sp³-hybridized carbons (Fsp3) is 0.538. The van der Waals surface area contributed by atoms with E-state index in [0.717, 1.165) is 0 Å². The van der Waals surface area contributed by atoms with E-state index in [1.54, 1.807) is 0 Å². The van der Waals surface area contributed by atoms with E-state index < -0.39 is 0 Å². The van der Waals surface area contributed by atoms with Gasteiger partial charge in [0.2, 0.25) is 0 Å². The summed E-state index contributed by atoms with van der Waals surface area (Å²) in [5, 5.41) is 0. The fourth-order valence-electron chi connectivity index (χ4n) is 1.57. The molecule has 0 bridgehead atoms. The maximum Gasteiger partial charge on any atom is -0.0194 e. The SMILES string of the molecule is CC1=C(\C)C(C)C/C=C\CC/C=C\1. The highest BCUT2D eigenvalue weighted by atomic mass is 14.1. The average molecular weight is 176 g/mol. The molecule has 72 valence electrons. The molecular formula is C13H20. The molecule has 0 heterocycles. The zero-order valence-electron chi connectivity index (χ0n) is 9.01. The summed E-state index contributed by atoms with van der Waals surface area (Å²) in [7, 11) is 0. The summed E-state index contributed by atoms with van der Waals surface area (Å²) >= 11 is 0. The van der Waals surface area contributed by atoms with Crippen molar-refractivity contribution in [2.75, 3.05) is 0 Å². The lowest BCUT2D eigenvalue weighted by atomic mass is 9.93. The molecule has 0 nitrogen and oxygen atoms in total. The van der Waals surface area contributed by atoms with Crippen LogP contribution in [0.4, 0.5) is 0 Å². The lowest BCUT2D eigenvalue weighted by Gasteiger charge is -2.12. The quantitative estimate of drug-likeness (QED) is 0.484. The number of hydrogen-bond donors (Lipinski definition) is 0. The van der Waals surface area contributed by atoms with Crippen molar-refractivity contribution in [2.45, 2.75) is 40.0 Å². The molecule has 0 saturated carbocycles. The molecule has 0 aromatic rings. The van der Waals surface area contributed by atoms with Crippen LogP contribution < -0.4 is 0 Å². The summed E-state index contributed by atoms with van der Waals surface area (Å²) in [5.74, 6) is 0.694. The van der Waals surface area contributed by atoms with Crippen LogP contribution in [-0.4, -0.2) is 0 Å². The van der Waals surface area contributed by atoms with Gasteiger partial charge in [0.05, 0.1) is 0 Å². The second-order valence-electron chi connectivity index (χ2n) is 3.95. The molecular weight excluding hydrogens is 156 g/mol. The Bertz CT molecular complexity index is 241. The molecule has 0 aromatic carbocycles. The van der Waals surface area contributed by atoms with Gasteiger partial charge in [0, 0.05) is 0 Å². The molecule has 1 rings (SSSR count). The Labute approximate surface area is 82.0 Å². The molecule has 0 aromatic heterocycles. The highest BCUT2D eigenvalue weighted by Crippen LogP contribution is 2.20. The predicted octanol–water partition coefficient (Wildman–Crippen LogP) is 4.26. The molecule has 1 aliphatic rings. The fourth-order valence-corrected chi connectivity index (χ4v) is 1.57. The minimum absolute atomic E-state index is 0.694. The summed E-state index contributed by atoms with van der Waals surface area (Å²) in [5.41, 5.74) is 2.98. The van der Waals surface area contributed by atoms with Crippen molar-refractivity contribution >= 4 is 0 Å². The zero-order valence-corrected chi connectivity index (χ0v) is 9.01. The molecule has 0 radical (unpaired) electrons. The third-order valence-corrected chi connectivity index (χ3v) is 2.89. The van der Waals surface area contributed by atoms with Crippen molar-refractivity contribution in [3.8, 4) is 0 Å². The Hall–Kier alpha value is -0.780. The average Bonchev–Trinajstić information content (AvgIpc) is 2.13. The number of rotatable bonds is 0. The van der Waals surface area contributed by atoms with Crippen LogP contribution in [-0.2, 0) is 0 Å². The van der Waals surface area contributed by atoms with Crippen molar-refractivity contribution in [1.82, 2.24) is 0 Å². The smallest absolute Gasteiger partial charge is 0.0194 e. The van der Waals surface area contributed by atoms with E-state index >= 15 is 0 Å². The second kappa shape index (κ2) is 5.06. The predicted molar refractivity (Wildman–Crippen MR) is 59.7 cm³/mol. The minimum atomic E-state index is 0.694. The van der Waals surface area contributed by atoms with E-state index in [1.807, 2.05) is 0 Å². The van der Waals surface area contributed by atoms with Crippen LogP contribution in [0.3, 0.4) is 0 Å². The summed E-state index contributed by atoms with van der Waals surface area (Å²) in [4.78, 5) is 0. The van der Waals surface area contributed by atoms with Crippen molar-refractivity contribution in [3.63, 3.8) is 0 Å². The molecule has 0 spiro atoms. The van der Waals surface area contributed by atoms with Gasteiger partial charge in [-0.15, -0.1) is 0 Å². The van der Waals surface area contributed by atoms with E-state index in [9.17, 15) is 0 Å². The van der Waals surface area contributed by atoms with Gasteiger partial charge < -0.3 is 0 Å². The first-order chi connectivity index (χ1) is 6.22. The van der Waals surface area contributed by atoms with Crippen LogP contribution in [0.5, 0.6) is 0 Å². The molecule has 0 N–H and O–H groups in total. The molecule has 0 fully saturated rings. The molecule has 0 saturated heterocycles. The third-order valence-electron chi connectivity index (χ3n) is 2.89. The van der Waals surface area contributed by atoms with Gasteiger partial charge >= 0.3 is 0 Å². The van der Waals surface area contributed by atoms with Crippen LogP contribution in [0.15, 0.2) is 35.5 Å². The van der Waals surface area contributed by atoms with E-state index in [-0.39, 0.29) is 0 Å². The lowest BCUT2D eigenvalue weighted by Crippen LogP contribution is -1.97. The molecule has 1 atom stereocenters. The Morgan fingerprint density at radius 1 is 1.08 bits per heavy atom. The van der Waals surface area contributed by atoms with Crippen molar-refractivity contribution in [3.05, 3.63) is 35.5 Å². The van der Waals surface area contributed by atoms with Gasteiger partial charge in [0.1, 0.15) is 0 Å². The van der Waals surface area contributed by atoms with Gasteiger partial charge in [-0.05, 0) is 39.0 Å².